The molecule has 1 saturated heterocycles. The van der Waals surface area contributed by atoms with Gasteiger partial charge in [0.2, 0.25) is 0 Å². The number of methoxy groups -OCH3 is 1. The van der Waals surface area contributed by atoms with Crippen molar-refractivity contribution in [1.29, 1.82) is 0 Å². The third kappa shape index (κ3) is 7.22. The van der Waals surface area contributed by atoms with E-state index in [0.29, 0.717) is 19.8 Å². The summed E-state index contributed by atoms with van der Waals surface area (Å²) in [4.78, 5) is 4.71. The van der Waals surface area contributed by atoms with E-state index in [9.17, 15) is 0 Å². The van der Waals surface area contributed by atoms with E-state index in [1.165, 1.54) is 5.56 Å². The molecule has 1 aromatic carbocycles. The van der Waals surface area contributed by atoms with Crippen molar-refractivity contribution in [1.82, 2.24) is 10.6 Å². The third-order valence-electron chi connectivity index (χ3n) is 4.25. The molecule has 146 valence electrons. The Hall–Kier alpha value is -1.79. The van der Waals surface area contributed by atoms with Crippen LogP contribution in [0.4, 0.5) is 0 Å². The van der Waals surface area contributed by atoms with Gasteiger partial charge in [-0.3, -0.25) is 0 Å². The first kappa shape index (κ1) is 20.5. The molecule has 6 heteroatoms. The molecule has 0 aliphatic carbocycles. The second-order valence-electron chi connectivity index (χ2n) is 6.52. The molecule has 1 aliphatic heterocycles. The second-order valence-corrected chi connectivity index (χ2v) is 6.52. The molecule has 1 fully saturated rings. The Labute approximate surface area is 157 Å². The van der Waals surface area contributed by atoms with Gasteiger partial charge in [-0.05, 0) is 38.3 Å². The molecule has 1 heterocycles. The summed E-state index contributed by atoms with van der Waals surface area (Å²) in [5.41, 5.74) is 2.27. The fourth-order valence-electron chi connectivity index (χ4n) is 2.83. The smallest absolute Gasteiger partial charge is 0.191 e. The molecule has 1 aliphatic rings. The standard InChI is InChI=1S/C20H33N3O3/c1-4-21-20(23-15-18-7-5-11-25-18)22-14-17-9-8-16(2)13-19(17)26-12-6-10-24-3/h8-9,13,18H,4-7,10-12,14-15H2,1-3H3,(H2,21,22,23). The monoisotopic (exact) mass is 363 g/mol. The van der Waals surface area contributed by atoms with E-state index in [2.05, 4.69) is 42.7 Å². The van der Waals surface area contributed by atoms with E-state index < -0.39 is 0 Å². The number of hydrogen-bond acceptors (Lipinski definition) is 4. The van der Waals surface area contributed by atoms with Crippen molar-refractivity contribution in [3.05, 3.63) is 29.3 Å². The topological polar surface area (TPSA) is 64.1 Å². The van der Waals surface area contributed by atoms with E-state index in [1.807, 2.05) is 0 Å². The fraction of sp³-hybridized carbons (Fsp3) is 0.650. The second kappa shape index (κ2) is 11.8. The summed E-state index contributed by atoms with van der Waals surface area (Å²) in [5, 5.41) is 6.67. The van der Waals surface area contributed by atoms with Gasteiger partial charge in [-0.15, -0.1) is 0 Å². The number of benzene rings is 1. The first-order valence-electron chi connectivity index (χ1n) is 9.58. The maximum absolute atomic E-state index is 5.94. The zero-order valence-electron chi connectivity index (χ0n) is 16.3. The van der Waals surface area contributed by atoms with Crippen LogP contribution in [-0.2, 0) is 16.0 Å². The minimum absolute atomic E-state index is 0.290. The van der Waals surface area contributed by atoms with E-state index >= 15 is 0 Å². The summed E-state index contributed by atoms with van der Waals surface area (Å²) in [5.74, 6) is 1.72. The lowest BCUT2D eigenvalue weighted by molar-refractivity contribution is 0.114. The van der Waals surface area contributed by atoms with E-state index in [0.717, 1.165) is 56.2 Å². The number of ether oxygens (including phenoxy) is 3. The maximum Gasteiger partial charge on any atom is 0.191 e. The van der Waals surface area contributed by atoms with Crippen LogP contribution in [0.3, 0.4) is 0 Å². The number of aryl methyl sites for hydroxylation is 1. The van der Waals surface area contributed by atoms with E-state index in [1.54, 1.807) is 7.11 Å². The highest BCUT2D eigenvalue weighted by atomic mass is 16.5. The van der Waals surface area contributed by atoms with Crippen molar-refractivity contribution >= 4 is 5.96 Å². The van der Waals surface area contributed by atoms with Crippen LogP contribution >= 0.6 is 0 Å². The zero-order chi connectivity index (χ0) is 18.6. The number of nitrogens with zero attached hydrogens (tertiary/aromatic N) is 1. The average Bonchev–Trinajstić information content (AvgIpc) is 3.16. The Morgan fingerprint density at radius 3 is 2.92 bits per heavy atom. The van der Waals surface area contributed by atoms with Gasteiger partial charge in [-0.25, -0.2) is 4.99 Å². The van der Waals surface area contributed by atoms with E-state index in [4.69, 9.17) is 19.2 Å². The van der Waals surface area contributed by atoms with Gasteiger partial charge < -0.3 is 24.8 Å². The predicted octanol–water partition coefficient (Wildman–Crippen LogP) is 2.64. The number of nitrogens with one attached hydrogen (secondary N) is 2. The Bertz CT molecular complexity index is 557. The molecular formula is C20H33N3O3. The van der Waals surface area contributed by atoms with Crippen LogP contribution < -0.4 is 15.4 Å². The van der Waals surface area contributed by atoms with Crippen LogP contribution in [0.1, 0.15) is 37.3 Å². The van der Waals surface area contributed by atoms with Crippen LogP contribution in [0, 0.1) is 6.92 Å². The van der Waals surface area contributed by atoms with Crippen LogP contribution in [0.5, 0.6) is 5.75 Å². The highest BCUT2D eigenvalue weighted by Gasteiger charge is 2.15. The molecular weight excluding hydrogens is 330 g/mol. The third-order valence-corrected chi connectivity index (χ3v) is 4.25. The molecule has 1 aromatic rings. The van der Waals surface area contributed by atoms with Gasteiger partial charge in [0.15, 0.2) is 5.96 Å². The van der Waals surface area contributed by atoms with Gasteiger partial charge in [-0.2, -0.15) is 0 Å². The molecule has 1 unspecified atom stereocenters. The normalized spacial score (nSPS) is 17.3. The Kier molecular flexibility index (Phi) is 9.28. The first-order chi connectivity index (χ1) is 12.7. The summed E-state index contributed by atoms with van der Waals surface area (Å²) in [6.45, 7) is 8.55. The van der Waals surface area contributed by atoms with Crippen molar-refractivity contribution < 1.29 is 14.2 Å². The van der Waals surface area contributed by atoms with Crippen LogP contribution in [-0.4, -0.2) is 52.1 Å². The van der Waals surface area contributed by atoms with Gasteiger partial charge in [0.25, 0.3) is 0 Å². The molecule has 0 amide bonds. The van der Waals surface area contributed by atoms with Crippen molar-refractivity contribution in [2.75, 3.05) is 40.0 Å². The molecule has 26 heavy (non-hydrogen) atoms. The number of aliphatic imine (C=N–C) groups is 1. The first-order valence-corrected chi connectivity index (χ1v) is 9.58. The molecule has 0 spiro atoms. The fourth-order valence-corrected chi connectivity index (χ4v) is 2.83. The van der Waals surface area contributed by atoms with Gasteiger partial charge in [0, 0.05) is 45.4 Å². The molecule has 1 atom stereocenters. The Morgan fingerprint density at radius 1 is 1.31 bits per heavy atom. The number of guanidine groups is 1. The molecule has 0 aromatic heterocycles. The summed E-state index contributed by atoms with van der Waals surface area (Å²) >= 11 is 0. The van der Waals surface area contributed by atoms with Crippen LogP contribution in [0.15, 0.2) is 23.2 Å². The van der Waals surface area contributed by atoms with Crippen molar-refractivity contribution in [3.63, 3.8) is 0 Å². The van der Waals surface area contributed by atoms with E-state index in [-0.39, 0.29) is 6.10 Å². The van der Waals surface area contributed by atoms with Crippen LogP contribution in [0.25, 0.3) is 0 Å². The molecule has 2 rings (SSSR count). The molecule has 6 nitrogen and oxygen atoms in total. The highest BCUT2D eigenvalue weighted by molar-refractivity contribution is 5.79. The minimum Gasteiger partial charge on any atom is -0.493 e. The van der Waals surface area contributed by atoms with Crippen molar-refractivity contribution in [2.45, 2.75) is 45.8 Å². The van der Waals surface area contributed by atoms with Crippen LogP contribution in [0.2, 0.25) is 0 Å². The lowest BCUT2D eigenvalue weighted by Crippen LogP contribution is -2.41. The van der Waals surface area contributed by atoms with Crippen molar-refractivity contribution in [2.24, 2.45) is 4.99 Å². The maximum atomic E-state index is 5.94. The Balaban J connectivity index is 1.95. The lowest BCUT2D eigenvalue weighted by atomic mass is 10.1. The largest absolute Gasteiger partial charge is 0.493 e. The Morgan fingerprint density at radius 2 is 2.19 bits per heavy atom. The number of hydrogen-bond donors (Lipinski definition) is 2. The van der Waals surface area contributed by atoms with Gasteiger partial charge in [0.1, 0.15) is 5.75 Å². The molecule has 0 saturated carbocycles. The van der Waals surface area contributed by atoms with Gasteiger partial charge >= 0.3 is 0 Å². The average molecular weight is 364 g/mol. The summed E-state index contributed by atoms with van der Waals surface area (Å²) in [6, 6.07) is 6.26. The van der Waals surface area contributed by atoms with Gasteiger partial charge in [0.05, 0.1) is 19.3 Å². The minimum atomic E-state index is 0.290. The summed E-state index contributed by atoms with van der Waals surface area (Å²) in [7, 11) is 1.71. The molecule has 0 radical (unpaired) electrons. The molecule has 2 N–H and O–H groups in total. The quantitative estimate of drug-likeness (QED) is 0.380. The number of rotatable bonds is 10. The summed E-state index contributed by atoms with van der Waals surface area (Å²) < 4.78 is 16.7. The highest BCUT2D eigenvalue weighted by Crippen LogP contribution is 2.21. The zero-order valence-corrected chi connectivity index (χ0v) is 16.3. The van der Waals surface area contributed by atoms with Gasteiger partial charge in [-0.1, -0.05) is 12.1 Å². The summed E-state index contributed by atoms with van der Waals surface area (Å²) in [6.07, 6.45) is 3.42. The SMILES string of the molecule is CCNC(=NCc1ccc(C)cc1OCCCOC)NCC1CCCO1. The molecule has 0 bridgehead atoms. The predicted molar refractivity (Wildman–Crippen MR) is 105 cm³/mol. The lowest BCUT2D eigenvalue weighted by Gasteiger charge is -2.15. The van der Waals surface area contributed by atoms with Crippen molar-refractivity contribution in [3.8, 4) is 5.75 Å².